The lowest BCUT2D eigenvalue weighted by molar-refractivity contribution is 0.469. The molecule has 1 nitrogen and oxygen atoms in total. The lowest BCUT2D eigenvalue weighted by Gasteiger charge is -2.10. The largest absolute Gasteiger partial charge is 0.508 e. The van der Waals surface area contributed by atoms with Crippen molar-refractivity contribution in [3.8, 4) is 5.75 Å². The number of phenolic OH excluding ortho intramolecular Hbond substituents is 1. The van der Waals surface area contributed by atoms with Gasteiger partial charge in [0.2, 0.25) is 0 Å². The summed E-state index contributed by atoms with van der Waals surface area (Å²) >= 11 is 0. The first kappa shape index (κ1) is 8.61. The Kier molecular flexibility index (Phi) is 2.26. The highest BCUT2D eigenvalue weighted by atomic mass is 16.3. The molecular weight excluding hydrogens is 160 g/mol. The van der Waals surface area contributed by atoms with Crippen molar-refractivity contribution in [3.63, 3.8) is 0 Å². The Labute approximate surface area is 79.4 Å². The Morgan fingerprint density at radius 2 is 1.92 bits per heavy atom. The molecule has 1 saturated carbocycles. The van der Waals surface area contributed by atoms with Gasteiger partial charge in [-0.05, 0) is 42.9 Å². The maximum Gasteiger partial charge on any atom is 0.118 e. The fraction of sp³-hybridized carbons (Fsp3) is 0.500. The second-order valence-electron chi connectivity index (χ2n) is 4.03. The molecule has 0 bridgehead atoms. The number of benzene rings is 1. The van der Waals surface area contributed by atoms with Gasteiger partial charge in [0, 0.05) is 0 Å². The molecule has 0 saturated heterocycles. The average Bonchev–Trinajstić information content (AvgIpc) is 2.62. The SMILES string of the molecule is Cc1ccc(C2CCCC2)cc1O. The fourth-order valence-electron chi connectivity index (χ4n) is 2.14. The quantitative estimate of drug-likeness (QED) is 0.695. The highest BCUT2D eigenvalue weighted by Gasteiger charge is 2.17. The third-order valence-corrected chi connectivity index (χ3v) is 3.06. The van der Waals surface area contributed by atoms with Crippen LogP contribution in [0.1, 0.15) is 42.7 Å². The van der Waals surface area contributed by atoms with E-state index in [9.17, 15) is 5.11 Å². The number of hydrogen-bond donors (Lipinski definition) is 1. The topological polar surface area (TPSA) is 20.2 Å². The second kappa shape index (κ2) is 3.41. The van der Waals surface area contributed by atoms with Gasteiger partial charge in [0.15, 0.2) is 0 Å². The van der Waals surface area contributed by atoms with Crippen molar-refractivity contribution in [2.45, 2.75) is 38.5 Å². The molecule has 2 rings (SSSR count). The van der Waals surface area contributed by atoms with Crippen molar-refractivity contribution in [1.29, 1.82) is 0 Å². The van der Waals surface area contributed by atoms with E-state index in [0.717, 1.165) is 5.56 Å². The van der Waals surface area contributed by atoms with Crippen LogP contribution in [0.2, 0.25) is 0 Å². The van der Waals surface area contributed by atoms with Gasteiger partial charge in [-0.15, -0.1) is 0 Å². The van der Waals surface area contributed by atoms with Crippen LogP contribution >= 0.6 is 0 Å². The van der Waals surface area contributed by atoms with Crippen molar-refractivity contribution < 1.29 is 5.11 Å². The van der Waals surface area contributed by atoms with E-state index in [0.29, 0.717) is 11.7 Å². The van der Waals surface area contributed by atoms with Crippen molar-refractivity contribution in [1.82, 2.24) is 0 Å². The van der Waals surface area contributed by atoms with E-state index in [1.54, 1.807) is 0 Å². The van der Waals surface area contributed by atoms with Crippen LogP contribution in [0.25, 0.3) is 0 Å². The Balaban J connectivity index is 2.25. The molecule has 70 valence electrons. The van der Waals surface area contributed by atoms with Gasteiger partial charge in [0.05, 0.1) is 0 Å². The molecule has 13 heavy (non-hydrogen) atoms. The van der Waals surface area contributed by atoms with Crippen molar-refractivity contribution in [2.24, 2.45) is 0 Å². The summed E-state index contributed by atoms with van der Waals surface area (Å²) in [5.41, 5.74) is 2.29. The molecule has 1 fully saturated rings. The van der Waals surface area contributed by atoms with Crippen LogP contribution in [-0.4, -0.2) is 5.11 Å². The van der Waals surface area contributed by atoms with Crippen LogP contribution in [0.5, 0.6) is 5.75 Å². The molecule has 0 aromatic heterocycles. The second-order valence-corrected chi connectivity index (χ2v) is 4.03. The van der Waals surface area contributed by atoms with E-state index in [1.807, 2.05) is 19.1 Å². The first-order chi connectivity index (χ1) is 6.27. The predicted octanol–water partition coefficient (Wildman–Crippen LogP) is 3.36. The average molecular weight is 176 g/mol. The molecule has 1 aromatic carbocycles. The van der Waals surface area contributed by atoms with Crippen LogP contribution in [0, 0.1) is 6.92 Å². The van der Waals surface area contributed by atoms with Gasteiger partial charge in [-0.1, -0.05) is 25.0 Å². The maximum atomic E-state index is 9.56. The summed E-state index contributed by atoms with van der Waals surface area (Å²) in [7, 11) is 0. The minimum atomic E-state index is 0.449. The normalized spacial score (nSPS) is 17.9. The smallest absolute Gasteiger partial charge is 0.118 e. The Morgan fingerprint density at radius 3 is 2.54 bits per heavy atom. The number of phenols is 1. The first-order valence-electron chi connectivity index (χ1n) is 5.07. The molecule has 1 aliphatic rings. The predicted molar refractivity (Wildman–Crippen MR) is 54.1 cm³/mol. The lowest BCUT2D eigenvalue weighted by Crippen LogP contribution is -1.91. The number of rotatable bonds is 1. The van der Waals surface area contributed by atoms with Crippen molar-refractivity contribution >= 4 is 0 Å². The molecule has 1 N–H and O–H groups in total. The van der Waals surface area contributed by atoms with Crippen LogP contribution in [0.15, 0.2) is 18.2 Å². The van der Waals surface area contributed by atoms with Crippen LogP contribution in [0.3, 0.4) is 0 Å². The van der Waals surface area contributed by atoms with Crippen LogP contribution in [0.4, 0.5) is 0 Å². The first-order valence-corrected chi connectivity index (χ1v) is 5.07. The molecule has 0 atom stereocenters. The third kappa shape index (κ3) is 1.69. The zero-order valence-corrected chi connectivity index (χ0v) is 8.09. The highest BCUT2D eigenvalue weighted by molar-refractivity contribution is 5.37. The van der Waals surface area contributed by atoms with Crippen LogP contribution in [-0.2, 0) is 0 Å². The van der Waals surface area contributed by atoms with Gasteiger partial charge in [0.25, 0.3) is 0 Å². The minimum absolute atomic E-state index is 0.449. The summed E-state index contributed by atoms with van der Waals surface area (Å²) in [5, 5.41) is 9.56. The van der Waals surface area contributed by atoms with E-state index in [-0.39, 0.29) is 0 Å². The summed E-state index contributed by atoms with van der Waals surface area (Å²) in [5.74, 6) is 1.15. The molecule has 1 aliphatic carbocycles. The molecule has 1 aromatic rings. The summed E-state index contributed by atoms with van der Waals surface area (Å²) in [6.07, 6.45) is 5.28. The minimum Gasteiger partial charge on any atom is -0.508 e. The maximum absolute atomic E-state index is 9.56. The van der Waals surface area contributed by atoms with E-state index < -0.39 is 0 Å². The lowest BCUT2D eigenvalue weighted by atomic mass is 9.96. The Morgan fingerprint density at radius 1 is 1.23 bits per heavy atom. The zero-order chi connectivity index (χ0) is 9.26. The van der Waals surface area contributed by atoms with Crippen LogP contribution < -0.4 is 0 Å². The Bertz CT molecular complexity index is 298. The van der Waals surface area contributed by atoms with Crippen molar-refractivity contribution in [3.05, 3.63) is 29.3 Å². The van der Waals surface area contributed by atoms with Gasteiger partial charge in [0.1, 0.15) is 5.75 Å². The van der Waals surface area contributed by atoms with Crippen molar-refractivity contribution in [2.75, 3.05) is 0 Å². The summed E-state index contributed by atoms with van der Waals surface area (Å²) < 4.78 is 0. The van der Waals surface area contributed by atoms with Gasteiger partial charge in [-0.25, -0.2) is 0 Å². The summed E-state index contributed by atoms with van der Waals surface area (Å²) in [4.78, 5) is 0. The molecule has 0 amide bonds. The standard InChI is InChI=1S/C12H16O/c1-9-6-7-11(8-12(9)13)10-4-2-3-5-10/h6-8,10,13H,2-5H2,1H3. The third-order valence-electron chi connectivity index (χ3n) is 3.06. The fourth-order valence-corrected chi connectivity index (χ4v) is 2.14. The zero-order valence-electron chi connectivity index (χ0n) is 8.09. The summed E-state index contributed by atoms with van der Waals surface area (Å²) in [6.45, 7) is 1.94. The molecule has 0 aliphatic heterocycles. The van der Waals surface area contributed by atoms with E-state index in [2.05, 4.69) is 6.07 Å². The van der Waals surface area contributed by atoms with E-state index in [4.69, 9.17) is 0 Å². The molecule has 0 heterocycles. The number of aryl methyl sites for hydroxylation is 1. The van der Waals surface area contributed by atoms with Gasteiger partial charge in [-0.2, -0.15) is 0 Å². The molecule has 0 unspecified atom stereocenters. The molecule has 0 radical (unpaired) electrons. The Hall–Kier alpha value is -0.980. The van der Waals surface area contributed by atoms with E-state index in [1.165, 1.54) is 31.2 Å². The summed E-state index contributed by atoms with van der Waals surface area (Å²) in [6, 6.07) is 6.11. The van der Waals surface area contributed by atoms with E-state index >= 15 is 0 Å². The molecule has 0 spiro atoms. The van der Waals surface area contributed by atoms with Gasteiger partial charge >= 0.3 is 0 Å². The molecule has 1 heteroatoms. The number of hydrogen-bond acceptors (Lipinski definition) is 1. The monoisotopic (exact) mass is 176 g/mol. The number of aromatic hydroxyl groups is 1. The van der Waals surface area contributed by atoms with Gasteiger partial charge < -0.3 is 5.11 Å². The van der Waals surface area contributed by atoms with Gasteiger partial charge in [-0.3, -0.25) is 0 Å². The highest BCUT2D eigenvalue weighted by Crippen LogP contribution is 2.35. The molecular formula is C12H16O.